The second-order valence-electron chi connectivity index (χ2n) is 8.06. The summed E-state index contributed by atoms with van der Waals surface area (Å²) in [5.41, 5.74) is 5.69. The molecule has 2 heteroatoms. The predicted octanol–water partition coefficient (Wildman–Crippen LogP) is 4.52. The number of hydrogen-bond acceptors (Lipinski definition) is 2. The minimum absolute atomic E-state index is 0.0997. The van der Waals surface area contributed by atoms with Gasteiger partial charge in [0.25, 0.3) is 0 Å². The Morgan fingerprint density at radius 2 is 1.32 bits per heavy atom. The minimum Gasteiger partial charge on any atom is -0.365 e. The molecule has 0 radical (unpaired) electrons. The first kappa shape index (κ1) is 15.6. The molecule has 2 saturated heterocycles. The van der Waals surface area contributed by atoms with Gasteiger partial charge in [0.05, 0.1) is 6.10 Å². The SMILES string of the molecule is CN1[C@@H]2CC[C@@H]1CC(OC1c3ccccc3CCc3ccccc31)C2. The average Bonchev–Trinajstić information content (AvgIpc) is 2.82. The first-order valence-corrected chi connectivity index (χ1v) is 9.82. The van der Waals surface area contributed by atoms with Crippen LogP contribution in [0.2, 0.25) is 0 Å². The molecule has 2 aromatic rings. The van der Waals surface area contributed by atoms with Crippen molar-refractivity contribution >= 4 is 0 Å². The van der Waals surface area contributed by atoms with E-state index in [2.05, 4.69) is 60.5 Å². The summed E-state index contributed by atoms with van der Waals surface area (Å²) in [6.45, 7) is 0. The summed E-state index contributed by atoms with van der Waals surface area (Å²) in [4.78, 5) is 2.59. The molecule has 2 nitrogen and oxygen atoms in total. The van der Waals surface area contributed by atoms with Gasteiger partial charge in [0.1, 0.15) is 6.10 Å². The van der Waals surface area contributed by atoms with E-state index < -0.39 is 0 Å². The number of aryl methyl sites for hydroxylation is 2. The number of ether oxygens (including phenoxy) is 1. The average molecular weight is 333 g/mol. The fraction of sp³-hybridized carbons (Fsp3) is 0.478. The van der Waals surface area contributed by atoms with E-state index in [1.807, 2.05) is 0 Å². The molecule has 0 amide bonds. The van der Waals surface area contributed by atoms with E-state index in [9.17, 15) is 0 Å². The van der Waals surface area contributed by atoms with Crippen LogP contribution in [0.1, 0.15) is 54.0 Å². The molecule has 25 heavy (non-hydrogen) atoms. The second-order valence-corrected chi connectivity index (χ2v) is 8.06. The van der Waals surface area contributed by atoms with Crippen molar-refractivity contribution in [2.75, 3.05) is 7.05 Å². The van der Waals surface area contributed by atoms with Crippen LogP contribution < -0.4 is 0 Å². The topological polar surface area (TPSA) is 12.5 Å². The van der Waals surface area contributed by atoms with Crippen LogP contribution in [0.5, 0.6) is 0 Å². The number of hydrogen-bond donors (Lipinski definition) is 0. The summed E-state index contributed by atoms with van der Waals surface area (Å²) in [6, 6.07) is 19.3. The second kappa shape index (κ2) is 6.26. The van der Waals surface area contributed by atoms with Gasteiger partial charge in [-0.1, -0.05) is 48.5 Å². The van der Waals surface area contributed by atoms with Gasteiger partial charge in [-0.15, -0.1) is 0 Å². The first-order valence-electron chi connectivity index (χ1n) is 9.82. The summed E-state index contributed by atoms with van der Waals surface area (Å²) in [5, 5.41) is 0. The van der Waals surface area contributed by atoms with E-state index in [0.717, 1.165) is 24.9 Å². The zero-order valence-corrected chi connectivity index (χ0v) is 15.0. The Hall–Kier alpha value is -1.64. The number of rotatable bonds is 2. The summed E-state index contributed by atoms with van der Waals surface area (Å²) in [6.07, 6.45) is 7.79. The third-order valence-corrected chi connectivity index (χ3v) is 6.72. The van der Waals surface area contributed by atoms with Crippen LogP contribution in [0.4, 0.5) is 0 Å². The summed E-state index contributed by atoms with van der Waals surface area (Å²) < 4.78 is 6.87. The van der Waals surface area contributed by atoms with Gasteiger partial charge in [-0.2, -0.15) is 0 Å². The third kappa shape index (κ3) is 2.72. The van der Waals surface area contributed by atoms with Gasteiger partial charge in [0.2, 0.25) is 0 Å². The van der Waals surface area contributed by atoms with Crippen molar-refractivity contribution in [3.8, 4) is 0 Å². The molecule has 0 saturated carbocycles. The molecule has 0 spiro atoms. The molecule has 2 heterocycles. The highest BCUT2D eigenvalue weighted by molar-refractivity contribution is 5.43. The molecule has 2 aliphatic heterocycles. The van der Waals surface area contributed by atoms with E-state index in [1.165, 1.54) is 47.9 Å². The fourth-order valence-corrected chi connectivity index (χ4v) is 5.28. The summed E-state index contributed by atoms with van der Waals surface area (Å²) >= 11 is 0. The Bertz CT molecular complexity index is 709. The molecular weight excluding hydrogens is 306 g/mol. The maximum Gasteiger partial charge on any atom is 0.108 e. The van der Waals surface area contributed by atoms with Crippen molar-refractivity contribution in [3.05, 3.63) is 70.8 Å². The van der Waals surface area contributed by atoms with Gasteiger partial charge in [-0.3, -0.25) is 0 Å². The number of nitrogens with zero attached hydrogens (tertiary/aromatic N) is 1. The lowest BCUT2D eigenvalue weighted by molar-refractivity contribution is -0.0428. The van der Waals surface area contributed by atoms with E-state index >= 15 is 0 Å². The van der Waals surface area contributed by atoms with Crippen LogP contribution in [-0.4, -0.2) is 30.1 Å². The van der Waals surface area contributed by atoms with Gasteiger partial charge in [0, 0.05) is 12.1 Å². The van der Waals surface area contributed by atoms with Crippen molar-refractivity contribution in [1.82, 2.24) is 4.90 Å². The highest BCUT2D eigenvalue weighted by atomic mass is 16.5. The lowest BCUT2D eigenvalue weighted by Crippen LogP contribution is -2.43. The summed E-state index contributed by atoms with van der Waals surface area (Å²) in [7, 11) is 2.30. The molecule has 2 fully saturated rings. The molecule has 0 N–H and O–H groups in total. The Kier molecular flexibility index (Phi) is 3.91. The standard InChI is InChI=1S/C23H27NO/c1-24-18-12-13-19(24)15-20(14-18)25-23-21-8-4-2-6-16(21)10-11-17-7-3-5-9-22(17)23/h2-9,18-20,23H,10-15H2,1H3/t18-,19-/m1/s1. The quantitative estimate of drug-likeness (QED) is 0.801. The molecule has 2 atom stereocenters. The minimum atomic E-state index is 0.0997. The summed E-state index contributed by atoms with van der Waals surface area (Å²) in [5.74, 6) is 0. The number of benzene rings is 2. The molecule has 1 aliphatic carbocycles. The zero-order chi connectivity index (χ0) is 16.8. The van der Waals surface area contributed by atoms with E-state index in [-0.39, 0.29) is 6.10 Å². The van der Waals surface area contributed by atoms with Crippen molar-refractivity contribution in [2.24, 2.45) is 0 Å². The van der Waals surface area contributed by atoms with Crippen LogP contribution in [0.15, 0.2) is 48.5 Å². The van der Waals surface area contributed by atoms with Crippen LogP contribution in [0.25, 0.3) is 0 Å². The van der Waals surface area contributed by atoms with Gasteiger partial charge in [-0.25, -0.2) is 0 Å². The highest BCUT2D eigenvalue weighted by Gasteiger charge is 2.40. The molecule has 5 rings (SSSR count). The highest BCUT2D eigenvalue weighted by Crippen LogP contribution is 2.41. The van der Waals surface area contributed by atoms with Gasteiger partial charge >= 0.3 is 0 Å². The molecule has 130 valence electrons. The largest absolute Gasteiger partial charge is 0.365 e. The lowest BCUT2D eigenvalue weighted by Gasteiger charge is -2.38. The van der Waals surface area contributed by atoms with Crippen LogP contribution in [0, 0.1) is 0 Å². The molecular formula is C23H27NO. The van der Waals surface area contributed by atoms with Gasteiger partial charge in [0.15, 0.2) is 0 Å². The van der Waals surface area contributed by atoms with Crippen molar-refractivity contribution in [1.29, 1.82) is 0 Å². The Morgan fingerprint density at radius 1 is 0.800 bits per heavy atom. The van der Waals surface area contributed by atoms with Crippen molar-refractivity contribution in [2.45, 2.75) is 62.8 Å². The van der Waals surface area contributed by atoms with E-state index in [4.69, 9.17) is 4.74 Å². The monoisotopic (exact) mass is 333 g/mol. The Morgan fingerprint density at radius 3 is 1.88 bits per heavy atom. The zero-order valence-electron chi connectivity index (χ0n) is 15.0. The third-order valence-electron chi connectivity index (χ3n) is 6.72. The molecule has 0 unspecified atom stereocenters. The number of fused-ring (bicyclic) bond motifs is 4. The van der Waals surface area contributed by atoms with Gasteiger partial charge in [-0.05, 0) is 67.8 Å². The Labute approximate surface area is 150 Å². The Balaban J connectivity index is 1.50. The predicted molar refractivity (Wildman–Crippen MR) is 101 cm³/mol. The molecule has 0 aromatic heterocycles. The van der Waals surface area contributed by atoms with Crippen molar-refractivity contribution < 1.29 is 4.74 Å². The number of piperidine rings is 1. The maximum atomic E-state index is 6.87. The van der Waals surface area contributed by atoms with Crippen molar-refractivity contribution in [3.63, 3.8) is 0 Å². The molecule has 3 aliphatic rings. The normalized spacial score (nSPS) is 29.1. The maximum absolute atomic E-state index is 6.87. The van der Waals surface area contributed by atoms with Crippen LogP contribution in [0.3, 0.4) is 0 Å². The first-order chi connectivity index (χ1) is 12.3. The molecule has 2 aromatic carbocycles. The van der Waals surface area contributed by atoms with E-state index in [0.29, 0.717) is 6.10 Å². The van der Waals surface area contributed by atoms with E-state index in [1.54, 1.807) is 0 Å². The van der Waals surface area contributed by atoms with Crippen LogP contribution >= 0.6 is 0 Å². The smallest absolute Gasteiger partial charge is 0.108 e. The fourth-order valence-electron chi connectivity index (χ4n) is 5.28. The van der Waals surface area contributed by atoms with Gasteiger partial charge < -0.3 is 9.64 Å². The molecule has 2 bridgehead atoms. The lowest BCUT2D eigenvalue weighted by atomic mass is 9.95. The van der Waals surface area contributed by atoms with Crippen LogP contribution in [-0.2, 0) is 17.6 Å².